The minimum Gasteiger partial charge on any atom is -0.493 e. The Labute approximate surface area is 119 Å². The molecule has 2 rings (SSSR count). The lowest BCUT2D eigenvalue weighted by atomic mass is 10.2. The Bertz CT molecular complexity index is 667. The molecule has 9 heteroatoms. The Balaban J connectivity index is 2.12. The van der Waals surface area contributed by atoms with Crippen molar-refractivity contribution in [2.24, 2.45) is 5.10 Å². The first-order valence-corrected chi connectivity index (χ1v) is 5.79. The van der Waals surface area contributed by atoms with Crippen LogP contribution in [0.25, 0.3) is 0 Å². The molecule has 1 amide bonds. The van der Waals surface area contributed by atoms with E-state index in [4.69, 9.17) is 15.2 Å². The summed E-state index contributed by atoms with van der Waals surface area (Å²) in [6.07, 6.45) is 1.41. The van der Waals surface area contributed by atoms with E-state index in [2.05, 4.69) is 25.5 Å². The third-order valence-electron chi connectivity index (χ3n) is 2.53. The lowest BCUT2D eigenvalue weighted by Crippen LogP contribution is -2.19. The van der Waals surface area contributed by atoms with E-state index in [9.17, 15) is 4.79 Å². The van der Waals surface area contributed by atoms with Crippen LogP contribution in [-0.4, -0.2) is 36.7 Å². The van der Waals surface area contributed by atoms with E-state index in [1.807, 2.05) is 0 Å². The number of carbonyl (C=O) groups excluding carboxylic acids is 1. The number of para-hydroxylation sites is 1. The van der Waals surface area contributed by atoms with Gasteiger partial charge in [0, 0.05) is 5.56 Å². The van der Waals surface area contributed by atoms with Crippen LogP contribution in [0.3, 0.4) is 0 Å². The fraction of sp³-hybridized carbons (Fsp3) is 0.167. The van der Waals surface area contributed by atoms with E-state index >= 15 is 0 Å². The number of nitrogens with one attached hydrogen (secondary N) is 1. The van der Waals surface area contributed by atoms with Crippen molar-refractivity contribution in [2.75, 3.05) is 20.0 Å². The highest BCUT2D eigenvalue weighted by Gasteiger charge is 2.15. The predicted octanol–water partition coefficient (Wildman–Crippen LogP) is 0.433. The summed E-state index contributed by atoms with van der Waals surface area (Å²) in [5, 5.41) is 10.5. The second kappa shape index (κ2) is 6.37. The van der Waals surface area contributed by atoms with Gasteiger partial charge in [-0.25, -0.2) is 10.1 Å². The summed E-state index contributed by atoms with van der Waals surface area (Å²) in [4.78, 5) is 11.7. The number of amides is 1. The number of hydrogen-bond donors (Lipinski definition) is 2. The van der Waals surface area contributed by atoms with Gasteiger partial charge in [-0.1, -0.05) is 6.07 Å². The molecule has 0 saturated carbocycles. The van der Waals surface area contributed by atoms with Crippen molar-refractivity contribution < 1.29 is 18.9 Å². The Kier molecular flexibility index (Phi) is 4.34. The molecule has 0 aliphatic rings. The molecule has 110 valence electrons. The molecule has 0 spiro atoms. The highest BCUT2D eigenvalue weighted by atomic mass is 16.6. The van der Waals surface area contributed by atoms with Gasteiger partial charge in [0.1, 0.15) is 0 Å². The Morgan fingerprint density at radius 3 is 2.81 bits per heavy atom. The van der Waals surface area contributed by atoms with Crippen molar-refractivity contribution in [2.45, 2.75) is 0 Å². The molecule has 0 fully saturated rings. The van der Waals surface area contributed by atoms with Crippen LogP contribution in [0, 0.1) is 0 Å². The average molecular weight is 291 g/mol. The normalized spacial score (nSPS) is 10.6. The summed E-state index contributed by atoms with van der Waals surface area (Å²) < 4.78 is 14.7. The lowest BCUT2D eigenvalue weighted by Gasteiger charge is -2.09. The van der Waals surface area contributed by atoms with Crippen LogP contribution < -0.4 is 20.6 Å². The van der Waals surface area contributed by atoms with Gasteiger partial charge in [-0.2, -0.15) is 5.10 Å². The summed E-state index contributed by atoms with van der Waals surface area (Å²) in [5.41, 5.74) is 8.14. The van der Waals surface area contributed by atoms with Gasteiger partial charge >= 0.3 is 0 Å². The van der Waals surface area contributed by atoms with Crippen LogP contribution in [0.4, 0.5) is 5.82 Å². The first kappa shape index (κ1) is 14.3. The van der Waals surface area contributed by atoms with Gasteiger partial charge in [0.05, 0.1) is 20.4 Å². The zero-order chi connectivity index (χ0) is 15.2. The fourth-order valence-corrected chi connectivity index (χ4v) is 1.58. The van der Waals surface area contributed by atoms with Crippen molar-refractivity contribution in [3.8, 4) is 11.5 Å². The summed E-state index contributed by atoms with van der Waals surface area (Å²) in [7, 11) is 3.04. The number of nitrogen functional groups attached to an aromatic ring is 1. The SMILES string of the molecule is COc1cccc(/C=N\NC(=O)c2nonc2N)c1OC. The van der Waals surface area contributed by atoms with Gasteiger partial charge in [-0.3, -0.25) is 4.79 Å². The first-order chi connectivity index (χ1) is 10.2. The molecule has 0 saturated heterocycles. The number of anilines is 1. The lowest BCUT2D eigenvalue weighted by molar-refractivity contribution is 0.0946. The molecule has 21 heavy (non-hydrogen) atoms. The zero-order valence-corrected chi connectivity index (χ0v) is 11.4. The molecule has 0 bridgehead atoms. The third kappa shape index (κ3) is 3.08. The maximum atomic E-state index is 11.7. The Morgan fingerprint density at radius 2 is 2.19 bits per heavy atom. The van der Waals surface area contributed by atoms with Crippen molar-refractivity contribution in [3.63, 3.8) is 0 Å². The molecular formula is C12H13N5O4. The number of nitrogens with two attached hydrogens (primary N) is 1. The summed E-state index contributed by atoms with van der Waals surface area (Å²) in [5.74, 6) is 0.312. The van der Waals surface area contributed by atoms with Crippen molar-refractivity contribution >= 4 is 17.9 Å². The monoisotopic (exact) mass is 291 g/mol. The van der Waals surface area contributed by atoms with Crippen LogP contribution in [0.15, 0.2) is 27.9 Å². The van der Waals surface area contributed by atoms with Crippen LogP contribution in [0.5, 0.6) is 11.5 Å². The first-order valence-electron chi connectivity index (χ1n) is 5.79. The molecule has 0 aliphatic heterocycles. The number of ether oxygens (including phenoxy) is 2. The average Bonchev–Trinajstić information content (AvgIpc) is 2.93. The number of hydrogen-bond acceptors (Lipinski definition) is 8. The standard InChI is InChI=1S/C12H13N5O4/c1-19-8-5-3-4-7(10(8)20-2)6-14-15-12(18)9-11(13)17-21-16-9/h3-6H,1-2H3,(H2,13,17)(H,15,18)/b14-6-. The third-order valence-corrected chi connectivity index (χ3v) is 2.53. The fourth-order valence-electron chi connectivity index (χ4n) is 1.58. The number of methoxy groups -OCH3 is 2. The quantitative estimate of drug-likeness (QED) is 0.604. The van der Waals surface area contributed by atoms with Crippen LogP contribution in [0.2, 0.25) is 0 Å². The maximum absolute atomic E-state index is 11.7. The minimum absolute atomic E-state index is 0.110. The summed E-state index contributed by atoms with van der Waals surface area (Å²) >= 11 is 0. The van der Waals surface area contributed by atoms with E-state index < -0.39 is 5.91 Å². The second-order valence-corrected chi connectivity index (χ2v) is 3.78. The highest BCUT2D eigenvalue weighted by Crippen LogP contribution is 2.29. The number of carbonyl (C=O) groups is 1. The molecule has 1 heterocycles. The highest BCUT2D eigenvalue weighted by molar-refractivity contribution is 5.96. The number of nitrogens with zero attached hydrogens (tertiary/aromatic N) is 3. The van der Waals surface area contributed by atoms with Gasteiger partial charge in [0.2, 0.25) is 11.5 Å². The van der Waals surface area contributed by atoms with Crippen LogP contribution in [0.1, 0.15) is 16.1 Å². The van der Waals surface area contributed by atoms with Gasteiger partial charge in [0.25, 0.3) is 5.91 Å². The topological polar surface area (TPSA) is 125 Å². The zero-order valence-electron chi connectivity index (χ0n) is 11.4. The molecular weight excluding hydrogens is 278 g/mol. The molecule has 0 radical (unpaired) electrons. The minimum atomic E-state index is -0.633. The van der Waals surface area contributed by atoms with Crippen molar-refractivity contribution in [1.82, 2.24) is 15.7 Å². The number of hydrazone groups is 1. The van der Waals surface area contributed by atoms with Gasteiger partial charge in [0.15, 0.2) is 11.5 Å². The predicted molar refractivity (Wildman–Crippen MR) is 73.3 cm³/mol. The number of aromatic nitrogens is 2. The molecule has 1 aromatic carbocycles. The van der Waals surface area contributed by atoms with Crippen molar-refractivity contribution in [1.29, 1.82) is 0 Å². The number of rotatable bonds is 5. The molecule has 3 N–H and O–H groups in total. The van der Waals surface area contributed by atoms with Crippen molar-refractivity contribution in [3.05, 3.63) is 29.5 Å². The number of benzene rings is 1. The second-order valence-electron chi connectivity index (χ2n) is 3.78. The van der Waals surface area contributed by atoms with Gasteiger partial charge in [-0.15, -0.1) is 0 Å². The molecule has 1 aromatic heterocycles. The molecule has 0 unspecified atom stereocenters. The van der Waals surface area contributed by atoms with E-state index in [-0.39, 0.29) is 11.5 Å². The Morgan fingerprint density at radius 1 is 1.38 bits per heavy atom. The van der Waals surface area contributed by atoms with E-state index in [0.29, 0.717) is 17.1 Å². The van der Waals surface area contributed by atoms with Gasteiger partial charge in [-0.05, 0) is 22.4 Å². The van der Waals surface area contributed by atoms with E-state index in [0.717, 1.165) is 0 Å². The summed E-state index contributed by atoms with van der Waals surface area (Å²) in [6.45, 7) is 0. The molecule has 2 aromatic rings. The summed E-state index contributed by atoms with van der Waals surface area (Å²) in [6, 6.07) is 5.27. The smallest absolute Gasteiger partial charge is 0.297 e. The molecule has 0 atom stereocenters. The van der Waals surface area contributed by atoms with Gasteiger partial charge < -0.3 is 15.2 Å². The van der Waals surface area contributed by atoms with E-state index in [1.165, 1.54) is 20.4 Å². The van der Waals surface area contributed by atoms with Crippen LogP contribution in [-0.2, 0) is 0 Å². The maximum Gasteiger partial charge on any atom is 0.297 e. The van der Waals surface area contributed by atoms with E-state index in [1.54, 1.807) is 18.2 Å². The van der Waals surface area contributed by atoms with Crippen LogP contribution >= 0.6 is 0 Å². The largest absolute Gasteiger partial charge is 0.493 e. The molecule has 0 aliphatic carbocycles. The Hall–Kier alpha value is -3.10. The molecule has 9 nitrogen and oxygen atoms in total.